The largest absolute Gasteiger partial charge is 0.512 e. The van der Waals surface area contributed by atoms with Gasteiger partial charge in [-0.2, -0.15) is 0 Å². The van der Waals surface area contributed by atoms with Crippen LogP contribution in [0.3, 0.4) is 0 Å². The van der Waals surface area contributed by atoms with Crippen LogP contribution in [-0.4, -0.2) is 6.54 Å². The molecule has 0 aromatic carbocycles. The molecular formula is C15H26N2. The second-order valence-electron chi connectivity index (χ2n) is 4.49. The van der Waals surface area contributed by atoms with Gasteiger partial charge in [0.2, 0.25) is 0 Å². The quantitative estimate of drug-likeness (QED) is 0.507. The van der Waals surface area contributed by atoms with E-state index in [0.717, 1.165) is 0 Å². The minimum Gasteiger partial charge on any atom is -0.512 e. The van der Waals surface area contributed by atoms with Gasteiger partial charge in [0.15, 0.2) is 0 Å². The van der Waals surface area contributed by atoms with Crippen LogP contribution < -0.4 is 4.90 Å². The SMILES string of the molecule is CCCCCC[NH+]1C=CC=C1CCCC.[C-]#N. The minimum absolute atomic E-state index is 1.28. The lowest BCUT2D eigenvalue weighted by atomic mass is 10.1. The highest BCUT2D eigenvalue weighted by molar-refractivity contribution is 5.10. The molecular weight excluding hydrogens is 208 g/mol. The molecule has 1 atom stereocenters. The van der Waals surface area contributed by atoms with Crippen LogP contribution in [0.2, 0.25) is 0 Å². The van der Waals surface area contributed by atoms with Crippen molar-refractivity contribution in [3.05, 3.63) is 30.6 Å². The molecule has 17 heavy (non-hydrogen) atoms. The highest BCUT2D eigenvalue weighted by Crippen LogP contribution is 2.05. The molecule has 1 N–H and O–H groups in total. The molecule has 0 saturated carbocycles. The average Bonchev–Trinajstić information content (AvgIpc) is 2.82. The molecule has 2 heteroatoms. The Bertz CT molecular complexity index is 251. The van der Waals surface area contributed by atoms with E-state index in [-0.39, 0.29) is 0 Å². The molecule has 0 amide bonds. The lowest BCUT2D eigenvalue weighted by Crippen LogP contribution is -3.04. The van der Waals surface area contributed by atoms with Crippen LogP contribution in [0.15, 0.2) is 24.0 Å². The first kappa shape index (κ1) is 15.9. The van der Waals surface area contributed by atoms with Gasteiger partial charge in [-0.3, -0.25) is 4.90 Å². The molecule has 1 unspecified atom stereocenters. The highest BCUT2D eigenvalue weighted by Gasteiger charge is 2.14. The van der Waals surface area contributed by atoms with Crippen LogP contribution in [-0.2, 0) is 0 Å². The van der Waals surface area contributed by atoms with Gasteiger partial charge in [0, 0.05) is 12.5 Å². The lowest BCUT2D eigenvalue weighted by Gasteiger charge is -2.14. The molecule has 1 aliphatic rings. The van der Waals surface area contributed by atoms with Crippen molar-refractivity contribution < 1.29 is 4.90 Å². The molecule has 2 nitrogen and oxygen atoms in total. The van der Waals surface area contributed by atoms with Gasteiger partial charge in [-0.05, 0) is 25.3 Å². The van der Waals surface area contributed by atoms with Crippen molar-refractivity contribution in [3.8, 4) is 0 Å². The van der Waals surface area contributed by atoms with Gasteiger partial charge in [-0.1, -0.05) is 33.1 Å². The fourth-order valence-corrected chi connectivity index (χ4v) is 2.09. The van der Waals surface area contributed by atoms with Gasteiger partial charge < -0.3 is 11.8 Å². The van der Waals surface area contributed by atoms with Crippen molar-refractivity contribution in [3.63, 3.8) is 0 Å². The van der Waals surface area contributed by atoms with Gasteiger partial charge in [0.05, 0.1) is 12.7 Å². The summed E-state index contributed by atoms with van der Waals surface area (Å²) in [7, 11) is 0. The van der Waals surface area contributed by atoms with Crippen molar-refractivity contribution in [2.75, 3.05) is 6.54 Å². The van der Waals surface area contributed by atoms with E-state index in [1.54, 1.807) is 10.6 Å². The van der Waals surface area contributed by atoms with E-state index in [1.165, 1.54) is 51.5 Å². The van der Waals surface area contributed by atoms with E-state index in [2.05, 4.69) is 32.2 Å². The molecule has 0 radical (unpaired) electrons. The summed E-state index contributed by atoms with van der Waals surface area (Å²) in [6, 6.07) is 0. The maximum absolute atomic E-state index is 6.25. The number of nitrogens with one attached hydrogen (secondary N) is 1. The average molecular weight is 234 g/mol. The van der Waals surface area contributed by atoms with E-state index < -0.39 is 0 Å². The van der Waals surface area contributed by atoms with Crippen LogP contribution in [0.4, 0.5) is 0 Å². The zero-order valence-electron chi connectivity index (χ0n) is 11.3. The van der Waals surface area contributed by atoms with Crippen LogP contribution in [0.25, 0.3) is 0 Å². The smallest absolute Gasteiger partial charge is 0.112 e. The summed E-state index contributed by atoms with van der Waals surface area (Å²) in [5.74, 6) is 0. The zero-order chi connectivity index (χ0) is 12.9. The molecule has 0 aliphatic carbocycles. The van der Waals surface area contributed by atoms with E-state index in [1.807, 2.05) is 0 Å². The van der Waals surface area contributed by atoms with E-state index >= 15 is 0 Å². The Morgan fingerprint density at radius 1 is 1.06 bits per heavy atom. The predicted molar refractivity (Wildman–Crippen MR) is 71.7 cm³/mol. The van der Waals surface area contributed by atoms with Crippen molar-refractivity contribution in [1.82, 2.24) is 0 Å². The van der Waals surface area contributed by atoms with Crippen molar-refractivity contribution in [2.24, 2.45) is 0 Å². The van der Waals surface area contributed by atoms with Crippen molar-refractivity contribution in [2.45, 2.75) is 58.8 Å². The molecule has 0 aromatic heterocycles. The fourth-order valence-electron chi connectivity index (χ4n) is 2.09. The topological polar surface area (TPSA) is 28.2 Å². The second-order valence-corrected chi connectivity index (χ2v) is 4.49. The zero-order valence-corrected chi connectivity index (χ0v) is 11.3. The Hall–Kier alpha value is -1.07. The molecule has 0 bridgehead atoms. The number of rotatable bonds is 8. The van der Waals surface area contributed by atoms with Crippen molar-refractivity contribution >= 4 is 0 Å². The van der Waals surface area contributed by atoms with Gasteiger partial charge in [-0.15, -0.1) is 0 Å². The number of nitrogens with zero attached hydrogens (tertiary/aromatic N) is 1. The number of hydrogen-bond acceptors (Lipinski definition) is 1. The Morgan fingerprint density at radius 3 is 2.41 bits per heavy atom. The molecule has 0 spiro atoms. The summed E-state index contributed by atoms with van der Waals surface area (Å²) in [6.45, 7) is 10.6. The molecule has 96 valence electrons. The molecule has 1 aliphatic heterocycles. The first-order valence-corrected chi connectivity index (χ1v) is 6.84. The molecule has 0 fully saturated rings. The maximum Gasteiger partial charge on any atom is 0.112 e. The Kier molecular flexibility index (Phi) is 10.7. The summed E-state index contributed by atoms with van der Waals surface area (Å²) < 4.78 is 0. The molecule has 1 heterocycles. The summed E-state index contributed by atoms with van der Waals surface area (Å²) in [4.78, 5) is 1.61. The summed E-state index contributed by atoms with van der Waals surface area (Å²) in [5.41, 5.74) is 1.60. The fraction of sp³-hybridized carbons (Fsp3) is 0.667. The molecule has 1 rings (SSSR count). The van der Waals surface area contributed by atoms with Crippen molar-refractivity contribution in [1.29, 1.82) is 5.26 Å². The highest BCUT2D eigenvalue weighted by atomic mass is 15.1. The Morgan fingerprint density at radius 2 is 1.76 bits per heavy atom. The first-order valence-electron chi connectivity index (χ1n) is 6.84. The third-order valence-corrected chi connectivity index (χ3v) is 3.11. The predicted octanol–water partition coefficient (Wildman–Crippen LogP) is 3.15. The van der Waals surface area contributed by atoms with Crippen LogP contribution in [0.5, 0.6) is 0 Å². The number of quaternary nitrogens is 1. The van der Waals surface area contributed by atoms with E-state index in [4.69, 9.17) is 11.8 Å². The Balaban J connectivity index is 0.00000121. The van der Waals surface area contributed by atoms with E-state index in [9.17, 15) is 0 Å². The minimum atomic E-state index is 1.28. The lowest BCUT2D eigenvalue weighted by molar-refractivity contribution is -0.804. The van der Waals surface area contributed by atoms with E-state index in [0.29, 0.717) is 0 Å². The third kappa shape index (κ3) is 6.97. The number of hydrogen-bond donors (Lipinski definition) is 1. The molecule has 0 aromatic rings. The van der Waals surface area contributed by atoms with Gasteiger partial charge in [0.1, 0.15) is 5.70 Å². The first-order chi connectivity index (χ1) is 8.38. The summed E-state index contributed by atoms with van der Waals surface area (Å²) >= 11 is 0. The standard InChI is InChI=1S/C14H25N.CN/c1-3-5-7-8-12-15-13-9-11-14(15)10-6-4-2;1-2/h9,11,13H,3-8,10,12H2,1-2H3;/q;-1/p+1. The molecule has 0 saturated heterocycles. The summed E-state index contributed by atoms with van der Waals surface area (Å²) in [5, 5.41) is 6.25. The van der Waals surface area contributed by atoms with Gasteiger partial charge >= 0.3 is 0 Å². The number of unbranched alkanes of at least 4 members (excludes halogenated alkanes) is 4. The van der Waals surface area contributed by atoms with Gasteiger partial charge in [-0.25, -0.2) is 0 Å². The summed E-state index contributed by atoms with van der Waals surface area (Å²) in [6.07, 6.45) is 16.3. The van der Waals surface area contributed by atoms with Gasteiger partial charge in [0.25, 0.3) is 0 Å². The maximum atomic E-state index is 6.25. The third-order valence-electron chi connectivity index (χ3n) is 3.11. The monoisotopic (exact) mass is 234 g/mol. The second kappa shape index (κ2) is 11.4. The van der Waals surface area contributed by atoms with Crippen LogP contribution in [0, 0.1) is 11.8 Å². The van der Waals surface area contributed by atoms with Crippen LogP contribution >= 0.6 is 0 Å². The Labute approximate surface area is 107 Å². The number of allylic oxidation sites excluding steroid dienone is 3. The normalized spacial score (nSPS) is 17.4. The van der Waals surface area contributed by atoms with Crippen LogP contribution in [0.1, 0.15) is 58.8 Å².